The highest BCUT2D eigenvalue weighted by atomic mass is 16.5. The van der Waals surface area contributed by atoms with Gasteiger partial charge in [0.1, 0.15) is 12.4 Å². The summed E-state index contributed by atoms with van der Waals surface area (Å²) < 4.78 is 6.01. The van der Waals surface area contributed by atoms with Gasteiger partial charge < -0.3 is 4.74 Å². The minimum atomic E-state index is 0.298. The minimum Gasteiger partial charge on any atom is -0.490 e. The van der Waals surface area contributed by atoms with E-state index in [0.29, 0.717) is 12.0 Å². The van der Waals surface area contributed by atoms with E-state index >= 15 is 0 Å². The van der Waals surface area contributed by atoms with Crippen LogP contribution in [-0.4, -0.2) is 6.61 Å². The van der Waals surface area contributed by atoms with E-state index < -0.39 is 0 Å². The Bertz CT molecular complexity index is 832. The van der Waals surface area contributed by atoms with Crippen LogP contribution in [0.2, 0.25) is 0 Å². The topological polar surface area (TPSA) is 9.23 Å². The first-order valence-corrected chi connectivity index (χ1v) is 12.0. The van der Waals surface area contributed by atoms with E-state index in [-0.39, 0.29) is 0 Å². The Morgan fingerprint density at radius 2 is 1.94 bits per heavy atom. The Kier molecular flexibility index (Phi) is 13.1. The molecule has 0 N–H and O–H groups in total. The standard InChI is InChI=1S/C31H44O/c1-8-14-30(18-11-15-29-16-12-22-31(6,7)23-21-29)32-24-13-17-28(10-3)25-27(5)20-19-26(4)9-2/h9-11,13-14,16-21,23H,2,8,12,15,22,24-25H2,1,3-7H3/b17-13-,18-11-,26-19-,27-20+,28-10+,30-14+. The van der Waals surface area contributed by atoms with Crippen LogP contribution in [0.3, 0.4) is 0 Å². The smallest absolute Gasteiger partial charge is 0.115 e. The number of hydrogen-bond acceptors (Lipinski definition) is 1. The van der Waals surface area contributed by atoms with Crippen molar-refractivity contribution in [3.8, 4) is 0 Å². The quantitative estimate of drug-likeness (QED) is 0.220. The van der Waals surface area contributed by atoms with Crippen molar-refractivity contribution in [1.82, 2.24) is 0 Å². The van der Waals surface area contributed by atoms with Gasteiger partial charge in [0.2, 0.25) is 0 Å². The maximum atomic E-state index is 6.01. The largest absolute Gasteiger partial charge is 0.490 e. The zero-order chi connectivity index (χ0) is 23.8. The molecule has 1 aliphatic carbocycles. The van der Waals surface area contributed by atoms with Crippen LogP contribution >= 0.6 is 0 Å². The molecule has 0 saturated carbocycles. The van der Waals surface area contributed by atoms with Gasteiger partial charge in [0.15, 0.2) is 0 Å². The minimum absolute atomic E-state index is 0.298. The lowest BCUT2D eigenvalue weighted by atomic mass is 9.88. The van der Waals surface area contributed by atoms with Crippen LogP contribution in [0.15, 0.2) is 108 Å². The summed E-state index contributed by atoms with van der Waals surface area (Å²) in [4.78, 5) is 0. The van der Waals surface area contributed by atoms with E-state index in [4.69, 9.17) is 4.74 Å². The van der Waals surface area contributed by atoms with E-state index in [0.717, 1.165) is 31.4 Å². The van der Waals surface area contributed by atoms with Crippen molar-refractivity contribution in [2.45, 2.75) is 73.6 Å². The SMILES string of the molecule is C=C/C(C)=C\C=C(/C)CC(/C=C\COC(/C=C\CC1=CCCC(C)(C)C=C1)=C/CC)=C/C. The molecular weight excluding hydrogens is 388 g/mol. The third kappa shape index (κ3) is 12.3. The predicted octanol–water partition coefficient (Wildman–Crippen LogP) is 9.52. The first kappa shape index (κ1) is 27.5. The van der Waals surface area contributed by atoms with Crippen LogP contribution < -0.4 is 0 Å². The van der Waals surface area contributed by atoms with Crippen LogP contribution in [0.4, 0.5) is 0 Å². The molecule has 0 heterocycles. The van der Waals surface area contributed by atoms with Crippen LogP contribution in [-0.2, 0) is 4.74 Å². The lowest BCUT2D eigenvalue weighted by molar-refractivity contribution is 0.260. The fourth-order valence-corrected chi connectivity index (χ4v) is 3.28. The first-order valence-electron chi connectivity index (χ1n) is 12.0. The van der Waals surface area contributed by atoms with Crippen molar-refractivity contribution < 1.29 is 4.74 Å². The summed E-state index contributed by atoms with van der Waals surface area (Å²) in [5, 5.41) is 0. The lowest BCUT2D eigenvalue weighted by Crippen LogP contribution is -2.04. The zero-order valence-corrected chi connectivity index (χ0v) is 21.3. The van der Waals surface area contributed by atoms with Crippen LogP contribution in [0.1, 0.15) is 73.6 Å². The number of allylic oxidation sites excluding steroid dienone is 15. The van der Waals surface area contributed by atoms with Gasteiger partial charge in [-0.15, -0.1) is 0 Å². The molecule has 0 aromatic rings. The maximum absolute atomic E-state index is 6.01. The zero-order valence-electron chi connectivity index (χ0n) is 21.3. The number of hydrogen-bond donors (Lipinski definition) is 0. The molecular formula is C31H44O. The summed E-state index contributed by atoms with van der Waals surface area (Å²) in [6, 6.07) is 0. The van der Waals surface area contributed by atoms with Gasteiger partial charge in [0.25, 0.3) is 0 Å². The van der Waals surface area contributed by atoms with Crippen LogP contribution in [0.5, 0.6) is 0 Å². The Morgan fingerprint density at radius 3 is 2.62 bits per heavy atom. The molecule has 0 radical (unpaired) electrons. The summed E-state index contributed by atoms with van der Waals surface area (Å²) in [5.74, 6) is 0.943. The molecule has 0 saturated heterocycles. The van der Waals surface area contributed by atoms with E-state index in [1.165, 1.54) is 28.7 Å². The summed E-state index contributed by atoms with van der Waals surface area (Å²) in [6.07, 6.45) is 31.2. The summed E-state index contributed by atoms with van der Waals surface area (Å²) in [5.41, 5.74) is 5.48. The number of ether oxygens (including phenoxy) is 1. The Balaban J connectivity index is 2.58. The fraction of sp³-hybridized carbons (Fsp3) is 0.419. The molecule has 174 valence electrons. The molecule has 0 fully saturated rings. The van der Waals surface area contributed by atoms with Crippen molar-refractivity contribution in [2.75, 3.05) is 6.61 Å². The van der Waals surface area contributed by atoms with Crippen LogP contribution in [0, 0.1) is 5.41 Å². The lowest BCUT2D eigenvalue weighted by Gasteiger charge is -2.17. The van der Waals surface area contributed by atoms with Gasteiger partial charge in [-0.25, -0.2) is 0 Å². The van der Waals surface area contributed by atoms with E-state index in [1.54, 1.807) is 0 Å². The van der Waals surface area contributed by atoms with E-state index in [2.05, 4.69) is 115 Å². The Hall–Kier alpha value is -2.54. The molecule has 0 bridgehead atoms. The van der Waals surface area contributed by atoms with Crippen molar-refractivity contribution in [1.29, 1.82) is 0 Å². The second-order valence-electron chi connectivity index (χ2n) is 9.14. The molecule has 0 unspecified atom stereocenters. The highest BCUT2D eigenvalue weighted by molar-refractivity contribution is 5.29. The van der Waals surface area contributed by atoms with Gasteiger partial charge in [-0.1, -0.05) is 93.2 Å². The molecule has 0 spiro atoms. The molecule has 0 atom stereocenters. The third-order valence-corrected chi connectivity index (χ3v) is 5.47. The van der Waals surface area contributed by atoms with Gasteiger partial charge in [-0.05, 0) is 87.7 Å². The molecule has 1 aliphatic rings. The molecule has 1 rings (SSSR count). The van der Waals surface area contributed by atoms with E-state index in [9.17, 15) is 0 Å². The third-order valence-electron chi connectivity index (χ3n) is 5.47. The van der Waals surface area contributed by atoms with Crippen molar-refractivity contribution >= 4 is 0 Å². The fourth-order valence-electron chi connectivity index (χ4n) is 3.28. The van der Waals surface area contributed by atoms with Gasteiger partial charge in [-0.2, -0.15) is 0 Å². The highest BCUT2D eigenvalue weighted by Crippen LogP contribution is 2.28. The average Bonchev–Trinajstić information content (AvgIpc) is 2.94. The van der Waals surface area contributed by atoms with Gasteiger partial charge in [0, 0.05) is 0 Å². The number of rotatable bonds is 12. The van der Waals surface area contributed by atoms with Gasteiger partial charge in [0.05, 0.1) is 0 Å². The summed E-state index contributed by atoms with van der Waals surface area (Å²) in [7, 11) is 0. The summed E-state index contributed by atoms with van der Waals surface area (Å²) >= 11 is 0. The monoisotopic (exact) mass is 432 g/mol. The van der Waals surface area contributed by atoms with Crippen LogP contribution in [0.25, 0.3) is 0 Å². The Labute approximate surface area is 198 Å². The predicted molar refractivity (Wildman–Crippen MR) is 144 cm³/mol. The second kappa shape index (κ2) is 15.3. The maximum Gasteiger partial charge on any atom is 0.115 e. The van der Waals surface area contributed by atoms with Crippen molar-refractivity contribution in [3.63, 3.8) is 0 Å². The normalized spacial score (nSPS) is 18.2. The molecule has 0 aromatic carbocycles. The average molecular weight is 433 g/mol. The molecule has 1 heteroatoms. The summed E-state index contributed by atoms with van der Waals surface area (Å²) in [6.45, 7) is 17.4. The first-order chi connectivity index (χ1) is 15.3. The van der Waals surface area contributed by atoms with Gasteiger partial charge >= 0.3 is 0 Å². The molecule has 32 heavy (non-hydrogen) atoms. The van der Waals surface area contributed by atoms with Crippen molar-refractivity contribution in [2.24, 2.45) is 5.41 Å². The molecule has 0 amide bonds. The van der Waals surface area contributed by atoms with Gasteiger partial charge in [-0.3, -0.25) is 0 Å². The highest BCUT2D eigenvalue weighted by Gasteiger charge is 2.14. The molecule has 0 aliphatic heterocycles. The molecule has 0 aromatic heterocycles. The van der Waals surface area contributed by atoms with Crippen molar-refractivity contribution in [3.05, 3.63) is 108 Å². The second-order valence-corrected chi connectivity index (χ2v) is 9.14. The molecule has 1 nitrogen and oxygen atoms in total. The Morgan fingerprint density at radius 1 is 1.16 bits per heavy atom. The van der Waals surface area contributed by atoms with E-state index in [1.807, 2.05) is 6.08 Å².